The van der Waals surface area contributed by atoms with Crippen molar-refractivity contribution in [1.29, 1.82) is 0 Å². The SMILES string of the molecule is O=C(O)c1cccc(NC(=O)c2ccc(CNC(=O)c3ccccc3)cc2)c1. The van der Waals surface area contributed by atoms with E-state index in [2.05, 4.69) is 10.6 Å². The molecular formula is C22H18N2O4. The van der Waals surface area contributed by atoms with Crippen molar-refractivity contribution in [3.8, 4) is 0 Å². The lowest BCUT2D eigenvalue weighted by atomic mass is 10.1. The minimum atomic E-state index is -1.06. The molecular weight excluding hydrogens is 356 g/mol. The monoisotopic (exact) mass is 374 g/mol. The Balaban J connectivity index is 1.59. The van der Waals surface area contributed by atoms with Gasteiger partial charge in [-0.25, -0.2) is 4.79 Å². The van der Waals surface area contributed by atoms with E-state index in [9.17, 15) is 14.4 Å². The maximum Gasteiger partial charge on any atom is 0.335 e. The number of carboxylic acids is 1. The molecule has 0 saturated heterocycles. The van der Waals surface area contributed by atoms with E-state index in [1.165, 1.54) is 12.1 Å². The predicted octanol–water partition coefficient (Wildman–Crippen LogP) is 3.57. The molecule has 0 radical (unpaired) electrons. The molecule has 0 atom stereocenters. The van der Waals surface area contributed by atoms with Crippen molar-refractivity contribution < 1.29 is 19.5 Å². The van der Waals surface area contributed by atoms with Gasteiger partial charge in [-0.15, -0.1) is 0 Å². The zero-order chi connectivity index (χ0) is 19.9. The zero-order valence-electron chi connectivity index (χ0n) is 14.9. The zero-order valence-corrected chi connectivity index (χ0v) is 14.9. The van der Waals surface area contributed by atoms with Gasteiger partial charge in [0.05, 0.1) is 5.56 Å². The van der Waals surface area contributed by atoms with Crippen LogP contribution in [0.2, 0.25) is 0 Å². The molecule has 3 rings (SSSR count). The van der Waals surface area contributed by atoms with E-state index in [-0.39, 0.29) is 17.4 Å². The van der Waals surface area contributed by atoms with Crippen LogP contribution in [0.5, 0.6) is 0 Å². The van der Waals surface area contributed by atoms with E-state index in [0.717, 1.165) is 5.56 Å². The highest BCUT2D eigenvalue weighted by Crippen LogP contribution is 2.13. The Morgan fingerprint density at radius 1 is 0.714 bits per heavy atom. The summed E-state index contributed by atoms with van der Waals surface area (Å²) in [5.41, 5.74) is 2.38. The van der Waals surface area contributed by atoms with E-state index in [4.69, 9.17) is 5.11 Å². The molecule has 2 amide bonds. The number of rotatable bonds is 6. The maximum absolute atomic E-state index is 12.3. The first-order valence-electron chi connectivity index (χ1n) is 8.60. The summed E-state index contributed by atoms with van der Waals surface area (Å²) in [5.74, 6) is -1.57. The van der Waals surface area contributed by atoms with Crippen molar-refractivity contribution in [3.05, 3.63) is 101 Å². The molecule has 3 aromatic carbocycles. The Hall–Kier alpha value is -3.93. The first-order valence-corrected chi connectivity index (χ1v) is 8.60. The Bertz CT molecular complexity index is 999. The largest absolute Gasteiger partial charge is 0.478 e. The summed E-state index contributed by atoms with van der Waals surface area (Å²) in [6, 6.07) is 21.8. The molecule has 0 heterocycles. The third-order valence-electron chi connectivity index (χ3n) is 4.07. The summed E-state index contributed by atoms with van der Waals surface area (Å²) in [7, 11) is 0. The van der Waals surface area contributed by atoms with Gasteiger partial charge in [0.15, 0.2) is 0 Å². The number of hydrogen-bond acceptors (Lipinski definition) is 3. The lowest BCUT2D eigenvalue weighted by Crippen LogP contribution is -2.22. The van der Waals surface area contributed by atoms with Crippen molar-refractivity contribution in [2.45, 2.75) is 6.54 Å². The van der Waals surface area contributed by atoms with Crippen LogP contribution in [0.4, 0.5) is 5.69 Å². The van der Waals surface area contributed by atoms with E-state index in [1.807, 2.05) is 6.07 Å². The Labute approximate surface area is 161 Å². The number of hydrogen-bond donors (Lipinski definition) is 3. The number of amides is 2. The third kappa shape index (κ3) is 4.82. The molecule has 28 heavy (non-hydrogen) atoms. The molecule has 6 nitrogen and oxygen atoms in total. The number of anilines is 1. The fourth-order valence-corrected chi connectivity index (χ4v) is 2.58. The van der Waals surface area contributed by atoms with Crippen LogP contribution in [0.25, 0.3) is 0 Å². The molecule has 0 unspecified atom stereocenters. The Kier molecular flexibility index (Phi) is 5.81. The Morgan fingerprint density at radius 3 is 2.04 bits per heavy atom. The van der Waals surface area contributed by atoms with Gasteiger partial charge in [0.1, 0.15) is 0 Å². The molecule has 140 valence electrons. The van der Waals surface area contributed by atoms with Gasteiger partial charge in [-0.05, 0) is 48.0 Å². The number of carbonyl (C=O) groups is 3. The number of carboxylic acid groups (broad SMARTS) is 1. The highest BCUT2D eigenvalue weighted by atomic mass is 16.4. The molecule has 0 aliphatic rings. The van der Waals surface area contributed by atoms with Gasteiger partial charge in [-0.2, -0.15) is 0 Å². The smallest absolute Gasteiger partial charge is 0.335 e. The summed E-state index contributed by atoms with van der Waals surface area (Å²) < 4.78 is 0. The van der Waals surface area contributed by atoms with Gasteiger partial charge >= 0.3 is 5.97 Å². The van der Waals surface area contributed by atoms with Crippen LogP contribution >= 0.6 is 0 Å². The summed E-state index contributed by atoms with van der Waals surface area (Å²) >= 11 is 0. The first kappa shape index (κ1) is 18.8. The van der Waals surface area contributed by atoms with Crippen molar-refractivity contribution in [2.75, 3.05) is 5.32 Å². The van der Waals surface area contributed by atoms with Gasteiger partial charge in [0.25, 0.3) is 11.8 Å². The molecule has 0 bridgehead atoms. The number of benzene rings is 3. The molecule has 3 aromatic rings. The lowest BCUT2D eigenvalue weighted by molar-refractivity contribution is 0.0696. The minimum Gasteiger partial charge on any atom is -0.478 e. The summed E-state index contributed by atoms with van der Waals surface area (Å²) in [6.45, 7) is 0.344. The number of carbonyl (C=O) groups excluding carboxylic acids is 2. The summed E-state index contributed by atoms with van der Waals surface area (Å²) in [6.07, 6.45) is 0. The average Bonchev–Trinajstić information content (AvgIpc) is 2.73. The van der Waals surface area contributed by atoms with Crippen LogP contribution in [0.3, 0.4) is 0 Å². The van der Waals surface area contributed by atoms with Gasteiger partial charge in [-0.1, -0.05) is 36.4 Å². The topological polar surface area (TPSA) is 95.5 Å². The van der Waals surface area contributed by atoms with Crippen LogP contribution in [-0.4, -0.2) is 22.9 Å². The predicted molar refractivity (Wildman–Crippen MR) is 105 cm³/mol. The van der Waals surface area contributed by atoms with Crippen LogP contribution in [0.15, 0.2) is 78.9 Å². The lowest BCUT2D eigenvalue weighted by Gasteiger charge is -2.08. The Morgan fingerprint density at radius 2 is 1.36 bits per heavy atom. The van der Waals surface area contributed by atoms with Gasteiger partial charge in [0.2, 0.25) is 0 Å². The van der Waals surface area contributed by atoms with Gasteiger partial charge in [0, 0.05) is 23.4 Å². The second kappa shape index (κ2) is 8.64. The molecule has 0 aliphatic heterocycles. The minimum absolute atomic E-state index is 0.0994. The van der Waals surface area contributed by atoms with Crippen molar-refractivity contribution in [3.63, 3.8) is 0 Å². The highest BCUT2D eigenvalue weighted by molar-refractivity contribution is 6.04. The molecule has 6 heteroatoms. The first-order chi connectivity index (χ1) is 13.5. The molecule has 0 aromatic heterocycles. The van der Waals surface area contributed by atoms with Gasteiger partial charge < -0.3 is 15.7 Å². The maximum atomic E-state index is 12.3. The molecule has 0 saturated carbocycles. The van der Waals surface area contributed by atoms with Crippen molar-refractivity contribution in [2.24, 2.45) is 0 Å². The van der Waals surface area contributed by atoms with Crippen LogP contribution in [-0.2, 0) is 6.54 Å². The van der Waals surface area contributed by atoms with Crippen LogP contribution in [0, 0.1) is 0 Å². The van der Waals surface area contributed by atoms with Gasteiger partial charge in [-0.3, -0.25) is 9.59 Å². The average molecular weight is 374 g/mol. The second-order valence-electron chi connectivity index (χ2n) is 6.09. The normalized spacial score (nSPS) is 10.1. The van der Waals surface area contributed by atoms with Crippen molar-refractivity contribution in [1.82, 2.24) is 5.32 Å². The van der Waals surface area contributed by atoms with E-state index in [0.29, 0.717) is 23.4 Å². The van der Waals surface area contributed by atoms with Crippen LogP contribution < -0.4 is 10.6 Å². The van der Waals surface area contributed by atoms with E-state index >= 15 is 0 Å². The standard InChI is InChI=1S/C22H18N2O4/c25-20(16-5-2-1-3-6-16)23-14-15-9-11-17(12-10-15)21(26)24-19-8-4-7-18(13-19)22(27)28/h1-13H,14H2,(H,23,25)(H,24,26)(H,27,28). The van der Waals surface area contributed by atoms with Crippen molar-refractivity contribution >= 4 is 23.5 Å². The molecule has 3 N–H and O–H groups in total. The molecule has 0 aliphatic carbocycles. The molecule has 0 fully saturated rings. The fourth-order valence-electron chi connectivity index (χ4n) is 2.58. The van der Waals surface area contributed by atoms with Crippen LogP contribution in [0.1, 0.15) is 36.6 Å². The quantitative estimate of drug-likeness (QED) is 0.615. The van der Waals surface area contributed by atoms with E-state index in [1.54, 1.807) is 60.7 Å². The van der Waals surface area contributed by atoms with E-state index < -0.39 is 5.97 Å². The number of nitrogens with one attached hydrogen (secondary N) is 2. The molecule has 0 spiro atoms. The third-order valence-corrected chi connectivity index (χ3v) is 4.07. The summed E-state index contributed by atoms with van der Waals surface area (Å²) in [4.78, 5) is 35.4. The summed E-state index contributed by atoms with van der Waals surface area (Å²) in [5, 5.41) is 14.5. The highest BCUT2D eigenvalue weighted by Gasteiger charge is 2.09. The second-order valence-corrected chi connectivity index (χ2v) is 6.09. The number of aromatic carboxylic acids is 1. The fraction of sp³-hybridized carbons (Fsp3) is 0.0455.